The number of fused-ring (bicyclic) bond motifs is 1. The molecule has 132 valence electrons. The number of aromatic nitrogens is 2. The van der Waals surface area contributed by atoms with Gasteiger partial charge < -0.3 is 5.32 Å². The number of anilines is 1. The minimum absolute atomic E-state index is 0.0553. The van der Waals surface area contributed by atoms with Crippen LogP contribution in [-0.4, -0.2) is 16.1 Å². The van der Waals surface area contributed by atoms with Crippen LogP contribution in [0.25, 0.3) is 0 Å². The number of nitrogens with zero attached hydrogens (tertiary/aromatic N) is 2. The Bertz CT molecular complexity index is 940. The molecule has 1 aromatic heterocycles. The molecule has 1 heterocycles. The van der Waals surface area contributed by atoms with Crippen LogP contribution in [0, 0.1) is 5.82 Å². The standard InChI is InChI=1S/C20H18FN3OS/c21-17-8-4-2-6-15(17)12-19-23-24-20(26-19)22-18(25)11-14-10-9-13-5-1-3-7-16(13)14/h1-8,14H,9-12H2,(H,22,24,25). The summed E-state index contributed by atoms with van der Waals surface area (Å²) in [4.78, 5) is 12.4. The van der Waals surface area contributed by atoms with Crippen LogP contribution in [0.15, 0.2) is 48.5 Å². The van der Waals surface area contributed by atoms with Gasteiger partial charge in [0.2, 0.25) is 11.0 Å². The minimum Gasteiger partial charge on any atom is -0.301 e. The molecule has 26 heavy (non-hydrogen) atoms. The van der Waals surface area contributed by atoms with E-state index in [0.29, 0.717) is 28.5 Å². The maximum absolute atomic E-state index is 13.7. The molecule has 1 aliphatic rings. The van der Waals surface area contributed by atoms with E-state index in [-0.39, 0.29) is 17.6 Å². The van der Waals surface area contributed by atoms with E-state index in [1.54, 1.807) is 18.2 Å². The predicted octanol–water partition coefficient (Wildman–Crippen LogP) is 4.33. The van der Waals surface area contributed by atoms with Crippen molar-refractivity contribution in [1.82, 2.24) is 10.2 Å². The molecule has 0 saturated heterocycles. The zero-order chi connectivity index (χ0) is 17.9. The fourth-order valence-corrected chi connectivity index (χ4v) is 4.21. The van der Waals surface area contributed by atoms with E-state index in [2.05, 4.69) is 27.6 Å². The lowest BCUT2D eigenvalue weighted by Crippen LogP contribution is -2.14. The lowest BCUT2D eigenvalue weighted by atomic mass is 9.97. The van der Waals surface area contributed by atoms with E-state index in [1.807, 2.05) is 12.1 Å². The number of halogens is 1. The van der Waals surface area contributed by atoms with Gasteiger partial charge in [-0.3, -0.25) is 4.79 Å². The summed E-state index contributed by atoms with van der Waals surface area (Å²) in [6, 6.07) is 14.9. The molecule has 1 atom stereocenters. The molecule has 0 fully saturated rings. The maximum atomic E-state index is 13.7. The quantitative estimate of drug-likeness (QED) is 0.730. The van der Waals surface area contributed by atoms with E-state index in [0.717, 1.165) is 12.8 Å². The molecule has 3 aromatic rings. The van der Waals surface area contributed by atoms with Crippen molar-refractivity contribution in [2.45, 2.75) is 31.6 Å². The molecule has 0 bridgehead atoms. The first-order valence-corrected chi connectivity index (χ1v) is 9.44. The van der Waals surface area contributed by atoms with E-state index >= 15 is 0 Å². The predicted molar refractivity (Wildman–Crippen MR) is 99.9 cm³/mol. The third-order valence-corrected chi connectivity index (χ3v) is 5.54. The van der Waals surface area contributed by atoms with Gasteiger partial charge in [0.15, 0.2) is 0 Å². The molecule has 0 saturated carbocycles. The Morgan fingerprint density at radius 1 is 1.15 bits per heavy atom. The van der Waals surface area contributed by atoms with Crippen LogP contribution >= 0.6 is 11.3 Å². The van der Waals surface area contributed by atoms with Gasteiger partial charge in [-0.2, -0.15) is 0 Å². The van der Waals surface area contributed by atoms with Gasteiger partial charge in [-0.25, -0.2) is 4.39 Å². The van der Waals surface area contributed by atoms with Crippen LogP contribution in [0.3, 0.4) is 0 Å². The Morgan fingerprint density at radius 2 is 1.96 bits per heavy atom. The number of amides is 1. The summed E-state index contributed by atoms with van der Waals surface area (Å²) in [6.45, 7) is 0. The molecule has 4 nitrogen and oxygen atoms in total. The number of benzene rings is 2. The Balaban J connectivity index is 1.37. The lowest BCUT2D eigenvalue weighted by molar-refractivity contribution is -0.116. The fourth-order valence-electron chi connectivity index (χ4n) is 3.43. The third-order valence-electron chi connectivity index (χ3n) is 4.70. The highest BCUT2D eigenvalue weighted by Gasteiger charge is 2.24. The van der Waals surface area contributed by atoms with Crippen molar-refractivity contribution in [2.75, 3.05) is 5.32 Å². The second kappa shape index (κ2) is 7.33. The average molecular weight is 367 g/mol. The monoisotopic (exact) mass is 367 g/mol. The molecule has 1 unspecified atom stereocenters. The van der Waals surface area contributed by atoms with Crippen LogP contribution in [0.1, 0.15) is 40.5 Å². The maximum Gasteiger partial charge on any atom is 0.226 e. The topological polar surface area (TPSA) is 54.9 Å². The third kappa shape index (κ3) is 3.65. The Morgan fingerprint density at radius 3 is 2.85 bits per heavy atom. The molecule has 1 aliphatic carbocycles. The Labute approximate surface area is 155 Å². The smallest absolute Gasteiger partial charge is 0.226 e. The van der Waals surface area contributed by atoms with Gasteiger partial charge in [0.05, 0.1) is 0 Å². The van der Waals surface area contributed by atoms with E-state index in [1.165, 1.54) is 28.5 Å². The molecule has 2 aromatic carbocycles. The number of aryl methyl sites for hydroxylation is 1. The van der Waals surface area contributed by atoms with Gasteiger partial charge in [-0.05, 0) is 41.5 Å². The molecule has 0 spiro atoms. The lowest BCUT2D eigenvalue weighted by Gasteiger charge is -2.10. The molecule has 6 heteroatoms. The zero-order valence-corrected chi connectivity index (χ0v) is 14.9. The minimum atomic E-state index is -0.256. The van der Waals surface area contributed by atoms with Gasteiger partial charge in [-0.15, -0.1) is 10.2 Å². The number of hydrogen-bond acceptors (Lipinski definition) is 4. The van der Waals surface area contributed by atoms with Crippen molar-refractivity contribution in [3.8, 4) is 0 Å². The summed E-state index contributed by atoms with van der Waals surface area (Å²) in [5, 5.41) is 12.1. The number of rotatable bonds is 5. The van der Waals surface area contributed by atoms with Crippen LogP contribution in [0.5, 0.6) is 0 Å². The largest absolute Gasteiger partial charge is 0.301 e. The van der Waals surface area contributed by atoms with Gasteiger partial charge in [-0.1, -0.05) is 53.8 Å². The number of carbonyl (C=O) groups excluding carboxylic acids is 1. The summed E-state index contributed by atoms with van der Waals surface area (Å²) in [6.07, 6.45) is 2.84. The van der Waals surface area contributed by atoms with Crippen molar-refractivity contribution in [2.24, 2.45) is 0 Å². The summed E-state index contributed by atoms with van der Waals surface area (Å²) in [5.74, 6) is -0.0505. The highest BCUT2D eigenvalue weighted by Crippen LogP contribution is 2.35. The summed E-state index contributed by atoms with van der Waals surface area (Å²) >= 11 is 1.29. The van der Waals surface area contributed by atoms with E-state index in [9.17, 15) is 9.18 Å². The second-order valence-corrected chi connectivity index (χ2v) is 7.52. The Hall–Kier alpha value is -2.60. The molecule has 4 rings (SSSR count). The molecule has 0 aliphatic heterocycles. The second-order valence-electron chi connectivity index (χ2n) is 6.46. The Kier molecular flexibility index (Phi) is 4.75. The van der Waals surface area contributed by atoms with Gasteiger partial charge in [0.1, 0.15) is 10.8 Å². The van der Waals surface area contributed by atoms with Crippen molar-refractivity contribution >= 4 is 22.4 Å². The van der Waals surface area contributed by atoms with Crippen molar-refractivity contribution < 1.29 is 9.18 Å². The fraction of sp³-hybridized carbons (Fsp3) is 0.250. The highest BCUT2D eigenvalue weighted by atomic mass is 32.1. The van der Waals surface area contributed by atoms with Crippen LogP contribution in [0.2, 0.25) is 0 Å². The number of nitrogens with one attached hydrogen (secondary N) is 1. The zero-order valence-electron chi connectivity index (χ0n) is 14.1. The van der Waals surface area contributed by atoms with Crippen LogP contribution < -0.4 is 5.32 Å². The van der Waals surface area contributed by atoms with Gasteiger partial charge >= 0.3 is 0 Å². The molecule has 1 N–H and O–H groups in total. The summed E-state index contributed by atoms with van der Waals surface area (Å²) in [5.41, 5.74) is 3.19. The molecule has 1 amide bonds. The van der Waals surface area contributed by atoms with Gasteiger partial charge in [0.25, 0.3) is 0 Å². The van der Waals surface area contributed by atoms with Crippen molar-refractivity contribution in [3.05, 3.63) is 76.0 Å². The van der Waals surface area contributed by atoms with Crippen molar-refractivity contribution in [1.29, 1.82) is 0 Å². The molecule has 0 radical (unpaired) electrons. The normalized spacial score (nSPS) is 15.7. The molecular formula is C20H18FN3OS. The van der Waals surface area contributed by atoms with E-state index in [4.69, 9.17) is 0 Å². The van der Waals surface area contributed by atoms with E-state index < -0.39 is 0 Å². The van der Waals surface area contributed by atoms with Gasteiger partial charge in [0, 0.05) is 12.8 Å². The van der Waals surface area contributed by atoms with Crippen LogP contribution in [-0.2, 0) is 17.6 Å². The summed E-state index contributed by atoms with van der Waals surface area (Å²) in [7, 11) is 0. The first-order chi connectivity index (χ1) is 12.7. The SMILES string of the molecule is O=C(CC1CCc2ccccc21)Nc1nnc(Cc2ccccc2F)s1. The average Bonchev–Trinajstić information content (AvgIpc) is 3.24. The first kappa shape index (κ1) is 16.8. The summed E-state index contributed by atoms with van der Waals surface area (Å²) < 4.78 is 13.7. The van der Waals surface area contributed by atoms with Crippen molar-refractivity contribution in [3.63, 3.8) is 0 Å². The molecular weight excluding hydrogens is 349 g/mol. The van der Waals surface area contributed by atoms with Crippen LogP contribution in [0.4, 0.5) is 9.52 Å². The number of carbonyl (C=O) groups is 1. The first-order valence-electron chi connectivity index (χ1n) is 8.62. The highest BCUT2D eigenvalue weighted by molar-refractivity contribution is 7.15. The number of hydrogen-bond donors (Lipinski definition) is 1.